The number of nitriles is 1. The van der Waals surface area contributed by atoms with Crippen LogP contribution in [0.2, 0.25) is 0 Å². The summed E-state index contributed by atoms with van der Waals surface area (Å²) in [6, 6.07) is 17.4. The molecule has 2 aromatic carbocycles. The summed E-state index contributed by atoms with van der Waals surface area (Å²) in [5.74, 6) is 0.497. The molecule has 0 atom stereocenters. The van der Waals surface area contributed by atoms with E-state index in [0.717, 1.165) is 22.3 Å². The molecule has 1 N–H and O–H groups in total. The van der Waals surface area contributed by atoms with Crippen LogP contribution in [0.5, 0.6) is 0 Å². The molecule has 4 heteroatoms. The minimum absolute atomic E-state index is 0.282. The molecule has 0 fully saturated rings. The van der Waals surface area contributed by atoms with Crippen molar-refractivity contribution < 1.29 is 0 Å². The number of nitrogens with zero attached hydrogens (tertiary/aromatic N) is 3. The Morgan fingerprint density at radius 1 is 1.20 bits per heavy atom. The Labute approximate surface area is 116 Å². The molecular weight excluding hydrogens is 248 g/mol. The van der Waals surface area contributed by atoms with Gasteiger partial charge in [0.05, 0.1) is 16.7 Å². The Morgan fingerprint density at radius 3 is 2.75 bits per heavy atom. The van der Waals surface area contributed by atoms with Gasteiger partial charge in [-0.05, 0) is 36.8 Å². The maximum Gasteiger partial charge on any atom is 0.183 e. The fraction of sp³-hybridized carbons (Fsp3) is 0.0625. The van der Waals surface area contributed by atoms with Crippen molar-refractivity contribution in [2.75, 3.05) is 0 Å². The third kappa shape index (κ3) is 2.29. The first kappa shape index (κ1) is 12.1. The second-order valence-electron chi connectivity index (χ2n) is 4.51. The van der Waals surface area contributed by atoms with E-state index in [2.05, 4.69) is 21.0 Å². The Balaban J connectivity index is 2.08. The Hall–Kier alpha value is -2.93. The van der Waals surface area contributed by atoms with Gasteiger partial charge in [0, 0.05) is 0 Å². The summed E-state index contributed by atoms with van der Waals surface area (Å²) in [7, 11) is 0. The molecule has 1 aromatic heterocycles. The summed E-state index contributed by atoms with van der Waals surface area (Å²) in [4.78, 5) is 11.9. The number of fused-ring (bicyclic) bond motifs is 1. The minimum atomic E-state index is 0.282. The quantitative estimate of drug-likeness (QED) is 0.716. The van der Waals surface area contributed by atoms with Gasteiger partial charge in [0.2, 0.25) is 0 Å². The lowest BCUT2D eigenvalue weighted by Crippen LogP contribution is -1.99. The molecule has 0 radical (unpaired) electrons. The van der Waals surface area contributed by atoms with Crippen LogP contribution in [-0.4, -0.2) is 15.7 Å². The lowest BCUT2D eigenvalue weighted by molar-refractivity contribution is 1.28. The summed E-state index contributed by atoms with van der Waals surface area (Å²) < 4.78 is 0. The van der Waals surface area contributed by atoms with Crippen molar-refractivity contribution in [1.82, 2.24) is 9.97 Å². The van der Waals surface area contributed by atoms with Crippen LogP contribution in [0, 0.1) is 18.3 Å². The maximum atomic E-state index is 9.28. The number of H-pyrrole nitrogens is 1. The van der Waals surface area contributed by atoms with E-state index >= 15 is 0 Å². The zero-order valence-electron chi connectivity index (χ0n) is 11.0. The van der Waals surface area contributed by atoms with Crippen LogP contribution < -0.4 is 0 Å². The molecule has 96 valence electrons. The van der Waals surface area contributed by atoms with Crippen LogP contribution in [-0.2, 0) is 0 Å². The Kier molecular flexibility index (Phi) is 3.02. The first-order chi connectivity index (χ1) is 9.76. The molecule has 20 heavy (non-hydrogen) atoms. The Morgan fingerprint density at radius 2 is 2.00 bits per heavy atom. The van der Waals surface area contributed by atoms with Gasteiger partial charge < -0.3 is 4.98 Å². The average Bonchev–Trinajstić information content (AvgIpc) is 2.88. The van der Waals surface area contributed by atoms with Gasteiger partial charge in [-0.1, -0.05) is 24.3 Å². The molecule has 4 nitrogen and oxygen atoms in total. The molecule has 0 aliphatic carbocycles. The van der Waals surface area contributed by atoms with Gasteiger partial charge >= 0.3 is 0 Å². The fourth-order valence-electron chi connectivity index (χ4n) is 2.00. The van der Waals surface area contributed by atoms with Crippen molar-refractivity contribution in [2.24, 2.45) is 4.99 Å². The van der Waals surface area contributed by atoms with Crippen LogP contribution in [0.3, 0.4) is 0 Å². The number of aliphatic imine (C=N–C) groups is 1. The van der Waals surface area contributed by atoms with Crippen LogP contribution >= 0.6 is 0 Å². The number of aryl methyl sites for hydroxylation is 1. The SMILES string of the molecule is Cc1ccc2nc(C(C#N)=Nc3ccccc3)[nH]c2c1. The molecule has 0 bridgehead atoms. The zero-order chi connectivity index (χ0) is 13.9. The number of aromatic nitrogens is 2. The maximum absolute atomic E-state index is 9.28. The summed E-state index contributed by atoms with van der Waals surface area (Å²) in [5.41, 5.74) is 3.91. The van der Waals surface area contributed by atoms with Crippen molar-refractivity contribution in [3.63, 3.8) is 0 Å². The lowest BCUT2D eigenvalue weighted by Gasteiger charge is -1.94. The number of aromatic amines is 1. The van der Waals surface area contributed by atoms with Gasteiger partial charge in [0.1, 0.15) is 6.07 Å². The average molecular weight is 260 g/mol. The van der Waals surface area contributed by atoms with E-state index in [0.29, 0.717) is 5.82 Å². The van der Waals surface area contributed by atoms with Crippen molar-refractivity contribution in [3.05, 3.63) is 59.9 Å². The van der Waals surface area contributed by atoms with E-state index in [1.165, 1.54) is 0 Å². The van der Waals surface area contributed by atoms with E-state index < -0.39 is 0 Å². The van der Waals surface area contributed by atoms with Crippen molar-refractivity contribution >= 4 is 22.4 Å². The molecule has 3 rings (SSSR count). The number of nitrogens with one attached hydrogen (secondary N) is 1. The van der Waals surface area contributed by atoms with Crippen LogP contribution in [0.4, 0.5) is 5.69 Å². The highest BCUT2D eigenvalue weighted by Gasteiger charge is 2.09. The molecule has 0 saturated carbocycles. The minimum Gasteiger partial charge on any atom is -0.336 e. The van der Waals surface area contributed by atoms with Gasteiger partial charge in [-0.3, -0.25) is 0 Å². The third-order valence-corrected chi connectivity index (χ3v) is 2.96. The van der Waals surface area contributed by atoms with Crippen molar-refractivity contribution in [2.45, 2.75) is 6.92 Å². The summed E-state index contributed by atoms with van der Waals surface area (Å²) in [6.07, 6.45) is 0. The van der Waals surface area contributed by atoms with Gasteiger partial charge in [-0.2, -0.15) is 5.26 Å². The molecule has 0 amide bonds. The lowest BCUT2D eigenvalue weighted by atomic mass is 10.2. The van der Waals surface area contributed by atoms with Crippen LogP contribution in [0.1, 0.15) is 11.4 Å². The van der Waals surface area contributed by atoms with E-state index in [1.54, 1.807) is 0 Å². The summed E-state index contributed by atoms with van der Waals surface area (Å²) in [5, 5.41) is 9.28. The van der Waals surface area contributed by atoms with E-state index in [4.69, 9.17) is 0 Å². The summed E-state index contributed by atoms with van der Waals surface area (Å²) >= 11 is 0. The van der Waals surface area contributed by atoms with Crippen LogP contribution in [0.25, 0.3) is 11.0 Å². The second-order valence-corrected chi connectivity index (χ2v) is 4.51. The molecule has 0 aliphatic heterocycles. The number of rotatable bonds is 2. The smallest absolute Gasteiger partial charge is 0.183 e. The summed E-state index contributed by atoms with van der Waals surface area (Å²) in [6.45, 7) is 2.02. The molecular formula is C16H12N4. The predicted molar refractivity (Wildman–Crippen MR) is 79.1 cm³/mol. The van der Waals surface area contributed by atoms with E-state index in [1.807, 2.05) is 55.5 Å². The normalized spacial score (nSPS) is 11.5. The van der Waals surface area contributed by atoms with Crippen LogP contribution in [0.15, 0.2) is 53.5 Å². The molecule has 0 unspecified atom stereocenters. The van der Waals surface area contributed by atoms with Gasteiger partial charge in [-0.15, -0.1) is 0 Å². The molecule has 0 aliphatic rings. The number of benzene rings is 2. The number of imidazole rings is 1. The number of hydrogen-bond donors (Lipinski definition) is 1. The van der Waals surface area contributed by atoms with Gasteiger partial charge in [0.15, 0.2) is 11.5 Å². The molecule has 0 saturated heterocycles. The first-order valence-electron chi connectivity index (χ1n) is 6.27. The van der Waals surface area contributed by atoms with E-state index in [-0.39, 0.29) is 5.71 Å². The fourth-order valence-corrected chi connectivity index (χ4v) is 2.00. The van der Waals surface area contributed by atoms with E-state index in [9.17, 15) is 5.26 Å². The predicted octanol–water partition coefficient (Wildman–Crippen LogP) is 3.52. The topological polar surface area (TPSA) is 64.8 Å². The first-order valence-corrected chi connectivity index (χ1v) is 6.27. The zero-order valence-corrected chi connectivity index (χ0v) is 11.0. The largest absolute Gasteiger partial charge is 0.336 e. The van der Waals surface area contributed by atoms with Gasteiger partial charge in [-0.25, -0.2) is 9.98 Å². The highest BCUT2D eigenvalue weighted by molar-refractivity contribution is 6.11. The highest BCUT2D eigenvalue weighted by Crippen LogP contribution is 2.16. The Bertz CT molecular complexity index is 823. The number of para-hydroxylation sites is 1. The van der Waals surface area contributed by atoms with Crippen molar-refractivity contribution in [3.8, 4) is 6.07 Å². The number of hydrogen-bond acceptors (Lipinski definition) is 3. The molecule has 3 aromatic rings. The molecule has 1 heterocycles. The third-order valence-electron chi connectivity index (χ3n) is 2.96. The second kappa shape index (κ2) is 4.98. The standard InChI is InChI=1S/C16H12N4/c1-11-7-8-13-14(9-11)20-16(19-13)15(10-17)18-12-5-3-2-4-6-12/h2-9H,1H3,(H,19,20). The molecule has 0 spiro atoms. The highest BCUT2D eigenvalue weighted by atomic mass is 15.0. The van der Waals surface area contributed by atoms with Crippen molar-refractivity contribution in [1.29, 1.82) is 5.26 Å². The monoisotopic (exact) mass is 260 g/mol. The van der Waals surface area contributed by atoms with Gasteiger partial charge in [0.25, 0.3) is 0 Å².